The summed E-state index contributed by atoms with van der Waals surface area (Å²) in [5.74, 6) is 1.65. The van der Waals surface area contributed by atoms with Gasteiger partial charge in [-0.25, -0.2) is 4.98 Å². The lowest BCUT2D eigenvalue weighted by Gasteiger charge is -2.25. The highest BCUT2D eigenvalue weighted by Crippen LogP contribution is 2.30. The van der Waals surface area contributed by atoms with Gasteiger partial charge in [0, 0.05) is 43.1 Å². The molecule has 0 atom stereocenters. The van der Waals surface area contributed by atoms with Crippen molar-refractivity contribution in [2.75, 3.05) is 32.1 Å². The first-order valence-corrected chi connectivity index (χ1v) is 11.0. The molecule has 0 saturated heterocycles. The van der Waals surface area contributed by atoms with Gasteiger partial charge in [-0.3, -0.25) is 9.67 Å². The molecule has 7 nitrogen and oxygen atoms in total. The van der Waals surface area contributed by atoms with Crippen LogP contribution in [0.3, 0.4) is 0 Å². The lowest BCUT2D eigenvalue weighted by atomic mass is 10.1. The van der Waals surface area contributed by atoms with Gasteiger partial charge in [0.25, 0.3) is 0 Å². The Balaban J connectivity index is 1.77. The summed E-state index contributed by atoms with van der Waals surface area (Å²) < 4.78 is 7.47. The van der Waals surface area contributed by atoms with E-state index in [1.54, 1.807) is 7.11 Å². The minimum atomic E-state index is 0.760. The molecular formula is C25H30N6O. The zero-order valence-electron chi connectivity index (χ0n) is 19.2. The van der Waals surface area contributed by atoms with E-state index in [2.05, 4.69) is 65.7 Å². The second kappa shape index (κ2) is 9.78. The fourth-order valence-electron chi connectivity index (χ4n) is 3.72. The van der Waals surface area contributed by atoms with E-state index in [1.807, 2.05) is 30.2 Å². The molecule has 7 heteroatoms. The predicted octanol–water partition coefficient (Wildman–Crippen LogP) is 4.44. The van der Waals surface area contributed by atoms with Gasteiger partial charge in [-0.05, 0) is 55.8 Å². The third kappa shape index (κ3) is 4.57. The minimum absolute atomic E-state index is 0.760. The number of hydrogen-bond acceptors (Lipinski definition) is 6. The van der Waals surface area contributed by atoms with Crippen molar-refractivity contribution in [1.82, 2.24) is 25.1 Å². The number of anilines is 2. The number of fused-ring (bicyclic) bond motifs is 1. The van der Waals surface area contributed by atoms with Crippen LogP contribution in [0.25, 0.3) is 22.2 Å². The van der Waals surface area contributed by atoms with Gasteiger partial charge in [0.05, 0.1) is 30.5 Å². The summed E-state index contributed by atoms with van der Waals surface area (Å²) in [6, 6.07) is 12.5. The molecule has 0 radical (unpaired) electrons. The highest BCUT2D eigenvalue weighted by Gasteiger charge is 2.15. The highest BCUT2D eigenvalue weighted by molar-refractivity contribution is 5.82. The molecule has 0 aliphatic carbocycles. The van der Waals surface area contributed by atoms with E-state index in [1.165, 1.54) is 5.56 Å². The first kappa shape index (κ1) is 21.8. The van der Waals surface area contributed by atoms with Crippen molar-refractivity contribution in [3.8, 4) is 16.9 Å². The van der Waals surface area contributed by atoms with E-state index >= 15 is 0 Å². The van der Waals surface area contributed by atoms with E-state index in [0.717, 1.165) is 65.5 Å². The van der Waals surface area contributed by atoms with Crippen molar-refractivity contribution in [2.45, 2.75) is 26.8 Å². The van der Waals surface area contributed by atoms with Crippen molar-refractivity contribution >= 4 is 22.5 Å². The highest BCUT2D eigenvalue weighted by atomic mass is 16.5. The molecule has 0 bridgehead atoms. The van der Waals surface area contributed by atoms with Gasteiger partial charge < -0.3 is 15.0 Å². The SMILES string of the molecule is CCc1cc(OC)cc(N(CCNC)c2cnc3ccc(-c4cnn(CC)c4)cc3n2)c1. The lowest BCUT2D eigenvalue weighted by Crippen LogP contribution is -2.27. The van der Waals surface area contributed by atoms with Crippen LogP contribution in [-0.4, -0.2) is 47.0 Å². The monoisotopic (exact) mass is 430 g/mol. The molecule has 0 aliphatic rings. The standard InChI is InChI=1S/C25H30N6O/c1-5-18-11-21(14-22(12-18)32-4)31(10-9-26-3)25-16-27-23-8-7-19(13-24(23)29-25)20-15-28-30(6-2)17-20/h7-8,11-17,26H,5-6,9-10H2,1-4H3. The van der Waals surface area contributed by atoms with Gasteiger partial charge in [0.1, 0.15) is 5.75 Å². The Morgan fingerprint density at radius 2 is 1.91 bits per heavy atom. The average Bonchev–Trinajstić information content (AvgIpc) is 3.33. The molecule has 0 unspecified atom stereocenters. The molecule has 4 rings (SSSR count). The second-order valence-electron chi connectivity index (χ2n) is 7.66. The molecular weight excluding hydrogens is 400 g/mol. The summed E-state index contributed by atoms with van der Waals surface area (Å²) in [5, 5.41) is 7.64. The summed E-state index contributed by atoms with van der Waals surface area (Å²) in [4.78, 5) is 11.9. The van der Waals surface area contributed by atoms with Crippen molar-refractivity contribution in [3.63, 3.8) is 0 Å². The number of nitrogens with zero attached hydrogens (tertiary/aromatic N) is 5. The Morgan fingerprint density at radius 1 is 1.03 bits per heavy atom. The minimum Gasteiger partial charge on any atom is -0.497 e. The maximum atomic E-state index is 5.55. The fourth-order valence-corrected chi connectivity index (χ4v) is 3.72. The predicted molar refractivity (Wildman–Crippen MR) is 130 cm³/mol. The van der Waals surface area contributed by atoms with Gasteiger partial charge in [0.15, 0.2) is 5.82 Å². The molecule has 0 spiro atoms. The Bertz CT molecular complexity index is 1180. The summed E-state index contributed by atoms with van der Waals surface area (Å²) in [7, 11) is 3.66. The third-order valence-electron chi connectivity index (χ3n) is 5.59. The third-order valence-corrected chi connectivity index (χ3v) is 5.59. The Kier molecular flexibility index (Phi) is 6.66. The molecule has 0 saturated carbocycles. The number of ether oxygens (including phenoxy) is 1. The maximum Gasteiger partial charge on any atom is 0.152 e. The van der Waals surface area contributed by atoms with Crippen LogP contribution in [0.1, 0.15) is 19.4 Å². The molecule has 2 heterocycles. The molecule has 0 aliphatic heterocycles. The second-order valence-corrected chi connectivity index (χ2v) is 7.66. The van der Waals surface area contributed by atoms with Crippen LogP contribution >= 0.6 is 0 Å². The van der Waals surface area contributed by atoms with E-state index in [0.29, 0.717) is 0 Å². The Labute approximate surface area is 189 Å². The van der Waals surface area contributed by atoms with Crippen molar-refractivity contribution in [2.24, 2.45) is 0 Å². The van der Waals surface area contributed by atoms with Crippen molar-refractivity contribution in [3.05, 3.63) is 60.6 Å². The smallest absolute Gasteiger partial charge is 0.152 e. The Morgan fingerprint density at radius 3 is 2.62 bits per heavy atom. The molecule has 2 aromatic carbocycles. The number of nitrogens with one attached hydrogen (secondary N) is 1. The maximum absolute atomic E-state index is 5.55. The van der Waals surface area contributed by atoms with Crippen LogP contribution in [0, 0.1) is 0 Å². The molecule has 0 fully saturated rings. The van der Waals surface area contributed by atoms with Gasteiger partial charge in [-0.15, -0.1) is 0 Å². The zero-order chi connectivity index (χ0) is 22.5. The lowest BCUT2D eigenvalue weighted by molar-refractivity contribution is 0.414. The first-order valence-electron chi connectivity index (χ1n) is 11.0. The van der Waals surface area contributed by atoms with Gasteiger partial charge in [-0.2, -0.15) is 5.10 Å². The van der Waals surface area contributed by atoms with Crippen LogP contribution in [0.15, 0.2) is 55.0 Å². The average molecular weight is 431 g/mol. The van der Waals surface area contributed by atoms with Crippen LogP contribution in [0.2, 0.25) is 0 Å². The van der Waals surface area contributed by atoms with E-state index in [-0.39, 0.29) is 0 Å². The van der Waals surface area contributed by atoms with E-state index in [4.69, 9.17) is 14.7 Å². The fraction of sp³-hybridized carbons (Fsp3) is 0.320. The van der Waals surface area contributed by atoms with Crippen molar-refractivity contribution in [1.29, 1.82) is 0 Å². The molecule has 32 heavy (non-hydrogen) atoms. The number of aryl methyl sites for hydroxylation is 2. The molecule has 166 valence electrons. The normalized spacial score (nSPS) is 11.1. The summed E-state index contributed by atoms with van der Waals surface area (Å²) in [6.45, 7) is 6.65. The van der Waals surface area contributed by atoms with E-state index < -0.39 is 0 Å². The number of hydrogen-bond donors (Lipinski definition) is 1. The summed E-state index contributed by atoms with van der Waals surface area (Å²) in [5.41, 5.74) is 6.16. The molecule has 2 aromatic heterocycles. The van der Waals surface area contributed by atoms with Crippen LogP contribution in [0.5, 0.6) is 5.75 Å². The number of aromatic nitrogens is 4. The van der Waals surface area contributed by atoms with Crippen LogP contribution in [0.4, 0.5) is 11.5 Å². The number of methoxy groups -OCH3 is 1. The number of rotatable bonds is 9. The first-order chi connectivity index (χ1) is 15.6. The van der Waals surface area contributed by atoms with Gasteiger partial charge in [0.2, 0.25) is 0 Å². The topological polar surface area (TPSA) is 68.1 Å². The summed E-state index contributed by atoms with van der Waals surface area (Å²) in [6.07, 6.45) is 6.73. The zero-order valence-corrected chi connectivity index (χ0v) is 19.2. The van der Waals surface area contributed by atoms with Crippen LogP contribution in [-0.2, 0) is 13.0 Å². The van der Waals surface area contributed by atoms with Crippen LogP contribution < -0.4 is 15.0 Å². The number of benzene rings is 2. The Hall–Kier alpha value is -3.45. The largest absolute Gasteiger partial charge is 0.497 e. The molecule has 0 amide bonds. The van der Waals surface area contributed by atoms with E-state index in [9.17, 15) is 0 Å². The number of likely N-dealkylation sites (N-methyl/N-ethyl adjacent to an activating group) is 1. The van der Waals surface area contributed by atoms with Gasteiger partial charge in [-0.1, -0.05) is 13.0 Å². The van der Waals surface area contributed by atoms with Gasteiger partial charge >= 0.3 is 0 Å². The molecule has 1 N–H and O–H groups in total. The quantitative estimate of drug-likeness (QED) is 0.423. The summed E-state index contributed by atoms with van der Waals surface area (Å²) >= 11 is 0. The van der Waals surface area contributed by atoms with Crippen molar-refractivity contribution < 1.29 is 4.74 Å². The molecule has 4 aromatic rings.